The fraction of sp³-hybridized carbons (Fsp3) is 0.276. The standard InChI is InChI=1S/C29H29ClF3N5O2/c1-34-17-19-6-5-7-21(14-19)27(39)36-26-11-9-22(38-12-3-2-4-13-38)16-23(26)28(40)37-35-18-20-8-10-25(30)24(15-20)29(31,32)33/h5-11,14-16,18,34H,2-4,12-13,17H2,1H3,(H,36,39)(H,37,40)/b35-18-. The van der Waals surface area contributed by atoms with Crippen molar-refractivity contribution in [2.45, 2.75) is 32.0 Å². The van der Waals surface area contributed by atoms with Crippen molar-refractivity contribution < 1.29 is 22.8 Å². The molecule has 3 aromatic carbocycles. The molecule has 1 saturated heterocycles. The lowest BCUT2D eigenvalue weighted by molar-refractivity contribution is -0.137. The first-order valence-corrected chi connectivity index (χ1v) is 13.2. The summed E-state index contributed by atoms with van der Waals surface area (Å²) in [6, 6.07) is 15.7. The van der Waals surface area contributed by atoms with Crippen LogP contribution in [0.3, 0.4) is 0 Å². The van der Waals surface area contributed by atoms with Crippen molar-refractivity contribution in [1.82, 2.24) is 10.7 Å². The monoisotopic (exact) mass is 571 g/mol. The Labute approximate surface area is 235 Å². The van der Waals surface area contributed by atoms with E-state index in [0.29, 0.717) is 12.1 Å². The van der Waals surface area contributed by atoms with Crippen LogP contribution >= 0.6 is 11.6 Å². The van der Waals surface area contributed by atoms with Crippen LogP contribution in [0, 0.1) is 0 Å². The lowest BCUT2D eigenvalue weighted by Gasteiger charge is -2.29. The van der Waals surface area contributed by atoms with Gasteiger partial charge >= 0.3 is 6.18 Å². The Morgan fingerprint density at radius 3 is 2.50 bits per heavy atom. The molecule has 0 atom stereocenters. The van der Waals surface area contributed by atoms with Crippen LogP contribution in [0.5, 0.6) is 0 Å². The third-order valence-electron chi connectivity index (χ3n) is 6.46. The van der Waals surface area contributed by atoms with Crippen LogP contribution in [-0.2, 0) is 12.7 Å². The molecular weight excluding hydrogens is 543 g/mol. The second-order valence-corrected chi connectivity index (χ2v) is 9.81. The lowest BCUT2D eigenvalue weighted by atomic mass is 10.1. The highest BCUT2D eigenvalue weighted by atomic mass is 35.5. The topological polar surface area (TPSA) is 85.8 Å². The summed E-state index contributed by atoms with van der Waals surface area (Å²) in [7, 11) is 1.81. The molecule has 0 unspecified atom stereocenters. The van der Waals surface area contributed by atoms with E-state index in [1.807, 2.05) is 19.2 Å². The normalized spacial score (nSPS) is 13.9. The van der Waals surface area contributed by atoms with Gasteiger partial charge in [0.25, 0.3) is 11.8 Å². The molecule has 0 spiro atoms. The molecule has 1 aliphatic rings. The summed E-state index contributed by atoms with van der Waals surface area (Å²) in [5.41, 5.74) is 4.12. The summed E-state index contributed by atoms with van der Waals surface area (Å²) >= 11 is 5.68. The van der Waals surface area contributed by atoms with Crippen molar-refractivity contribution in [3.05, 3.63) is 93.5 Å². The zero-order valence-corrected chi connectivity index (χ0v) is 22.6. The van der Waals surface area contributed by atoms with Crippen molar-refractivity contribution in [2.75, 3.05) is 30.4 Å². The number of nitrogens with one attached hydrogen (secondary N) is 3. The quantitative estimate of drug-likeness (QED) is 0.226. The Bertz CT molecular complexity index is 1400. The van der Waals surface area contributed by atoms with Crippen LogP contribution in [0.1, 0.15) is 56.7 Å². The summed E-state index contributed by atoms with van der Waals surface area (Å²) < 4.78 is 39.5. The van der Waals surface area contributed by atoms with E-state index in [1.54, 1.807) is 30.3 Å². The second-order valence-electron chi connectivity index (χ2n) is 9.40. The third kappa shape index (κ3) is 7.40. The van der Waals surface area contributed by atoms with Crippen molar-refractivity contribution in [3.63, 3.8) is 0 Å². The van der Waals surface area contributed by atoms with Gasteiger partial charge in [-0.3, -0.25) is 9.59 Å². The molecule has 1 aliphatic heterocycles. The van der Waals surface area contributed by atoms with Crippen molar-refractivity contribution in [1.29, 1.82) is 0 Å². The molecule has 0 bridgehead atoms. The largest absolute Gasteiger partial charge is 0.417 e. The summed E-state index contributed by atoms with van der Waals surface area (Å²) in [6.45, 7) is 2.29. The zero-order chi connectivity index (χ0) is 28.7. The number of carbonyl (C=O) groups is 2. The highest BCUT2D eigenvalue weighted by Crippen LogP contribution is 2.35. The molecule has 40 heavy (non-hydrogen) atoms. The van der Waals surface area contributed by atoms with Crippen LogP contribution in [0.15, 0.2) is 65.8 Å². The van der Waals surface area contributed by atoms with Gasteiger partial charge < -0.3 is 15.5 Å². The minimum Gasteiger partial charge on any atom is -0.372 e. The van der Waals surface area contributed by atoms with Gasteiger partial charge in [0.15, 0.2) is 0 Å². The van der Waals surface area contributed by atoms with Gasteiger partial charge in [0.1, 0.15) is 0 Å². The van der Waals surface area contributed by atoms with Crippen LogP contribution in [0.25, 0.3) is 0 Å². The third-order valence-corrected chi connectivity index (χ3v) is 6.79. The van der Waals surface area contributed by atoms with Gasteiger partial charge in [0.05, 0.1) is 28.1 Å². The van der Waals surface area contributed by atoms with Gasteiger partial charge in [-0.2, -0.15) is 18.3 Å². The molecular formula is C29H29ClF3N5O2. The highest BCUT2D eigenvalue weighted by molar-refractivity contribution is 6.31. The summed E-state index contributed by atoms with van der Waals surface area (Å²) in [6.07, 6.45) is -0.315. The number of hydrazone groups is 1. The fourth-order valence-electron chi connectivity index (χ4n) is 4.47. The molecule has 4 rings (SSSR count). The van der Waals surface area contributed by atoms with Crippen LogP contribution in [0.2, 0.25) is 5.02 Å². The van der Waals surface area contributed by atoms with Gasteiger partial charge in [0.2, 0.25) is 0 Å². The van der Waals surface area contributed by atoms with Gasteiger partial charge in [-0.15, -0.1) is 0 Å². The molecule has 1 fully saturated rings. The SMILES string of the molecule is CNCc1cccc(C(=O)Nc2ccc(N3CCCCC3)cc2C(=O)N/N=C\c2ccc(Cl)c(C(F)(F)F)c2)c1. The number of nitrogens with zero attached hydrogens (tertiary/aromatic N) is 2. The Balaban J connectivity index is 1.58. The Kier molecular flexibility index (Phi) is 9.44. The van der Waals surface area contributed by atoms with Crippen LogP contribution in [0.4, 0.5) is 24.5 Å². The summed E-state index contributed by atoms with van der Waals surface area (Å²) in [5.74, 6) is -1.01. The molecule has 0 radical (unpaired) electrons. The van der Waals surface area contributed by atoms with E-state index in [4.69, 9.17) is 11.6 Å². The molecule has 2 amide bonds. The summed E-state index contributed by atoms with van der Waals surface area (Å²) in [4.78, 5) is 28.5. The first-order valence-electron chi connectivity index (χ1n) is 12.8. The highest BCUT2D eigenvalue weighted by Gasteiger charge is 2.33. The molecule has 0 aromatic heterocycles. The maximum atomic E-state index is 13.2. The Hall–Kier alpha value is -3.89. The predicted octanol–water partition coefficient (Wildman–Crippen LogP) is 6.08. The van der Waals surface area contributed by atoms with Crippen LogP contribution in [-0.4, -0.2) is 38.2 Å². The maximum Gasteiger partial charge on any atom is 0.417 e. The number of benzene rings is 3. The zero-order valence-electron chi connectivity index (χ0n) is 21.8. The predicted molar refractivity (Wildman–Crippen MR) is 151 cm³/mol. The van der Waals surface area contributed by atoms with Crippen molar-refractivity contribution in [2.24, 2.45) is 5.10 Å². The molecule has 210 valence electrons. The number of halogens is 4. The number of hydrogen-bond acceptors (Lipinski definition) is 5. The number of amides is 2. The van der Waals surface area contributed by atoms with Crippen molar-refractivity contribution >= 4 is 41.0 Å². The number of rotatable bonds is 8. The maximum absolute atomic E-state index is 13.2. The molecule has 1 heterocycles. The van der Waals surface area contributed by atoms with Gasteiger partial charge in [-0.1, -0.05) is 29.8 Å². The van der Waals surface area contributed by atoms with Crippen molar-refractivity contribution in [3.8, 4) is 0 Å². The average Bonchev–Trinajstić information content (AvgIpc) is 2.94. The minimum atomic E-state index is -4.63. The number of carbonyl (C=O) groups excluding carboxylic acids is 2. The molecule has 0 aliphatic carbocycles. The smallest absolute Gasteiger partial charge is 0.372 e. The number of piperidine rings is 1. The van der Waals surface area contributed by atoms with E-state index in [1.165, 1.54) is 6.07 Å². The molecule has 3 N–H and O–H groups in total. The van der Waals surface area contributed by atoms with Crippen LogP contribution < -0.4 is 21.0 Å². The van der Waals surface area contributed by atoms with Gasteiger partial charge in [0, 0.05) is 30.9 Å². The lowest BCUT2D eigenvalue weighted by Crippen LogP contribution is -2.30. The minimum absolute atomic E-state index is 0.106. The second kappa shape index (κ2) is 13.0. The van der Waals surface area contributed by atoms with Gasteiger partial charge in [-0.25, -0.2) is 5.43 Å². The fourth-order valence-corrected chi connectivity index (χ4v) is 4.69. The molecule has 7 nitrogen and oxygen atoms in total. The molecule has 0 saturated carbocycles. The first kappa shape index (κ1) is 29.1. The number of alkyl halides is 3. The Morgan fingerprint density at radius 2 is 1.77 bits per heavy atom. The van der Waals surface area contributed by atoms with Gasteiger partial charge in [-0.05, 0) is 79.9 Å². The van der Waals surface area contributed by atoms with E-state index in [-0.39, 0.29) is 22.7 Å². The van der Waals surface area contributed by atoms with E-state index in [2.05, 4.69) is 26.1 Å². The van der Waals surface area contributed by atoms with E-state index >= 15 is 0 Å². The molecule has 3 aromatic rings. The first-order chi connectivity index (χ1) is 19.2. The number of anilines is 2. The number of hydrogen-bond donors (Lipinski definition) is 3. The van der Waals surface area contributed by atoms with E-state index in [0.717, 1.165) is 62.0 Å². The van der Waals surface area contributed by atoms with E-state index < -0.39 is 22.7 Å². The summed E-state index contributed by atoms with van der Waals surface area (Å²) in [5, 5.41) is 9.28. The Morgan fingerprint density at radius 1 is 1.00 bits per heavy atom. The average molecular weight is 572 g/mol. The molecule has 11 heteroatoms. The van der Waals surface area contributed by atoms with E-state index in [9.17, 15) is 22.8 Å².